The third kappa shape index (κ3) is 5.11. The Bertz CT molecular complexity index is 556. The fourth-order valence-electron chi connectivity index (χ4n) is 1.74. The summed E-state index contributed by atoms with van der Waals surface area (Å²) < 4.78 is 26.4. The number of aryl methyl sites for hydroxylation is 1. The lowest BCUT2D eigenvalue weighted by molar-refractivity contribution is 0.395. The number of phenols is 1. The second kappa shape index (κ2) is 7.25. The number of halogens is 2. The van der Waals surface area contributed by atoms with Gasteiger partial charge in [0, 0.05) is 0 Å². The summed E-state index contributed by atoms with van der Waals surface area (Å²) in [5, 5.41) is 9.35. The number of aromatic hydroxyl groups is 1. The molecule has 0 saturated heterocycles. The first-order chi connectivity index (χ1) is 10.0. The zero-order valence-corrected chi connectivity index (χ0v) is 15.1. The fourth-order valence-corrected chi connectivity index (χ4v) is 2.71. The van der Waals surface area contributed by atoms with Crippen molar-refractivity contribution in [1.29, 1.82) is 0 Å². The Morgan fingerprint density at radius 2 is 1.73 bits per heavy atom. The van der Waals surface area contributed by atoms with Crippen LogP contribution >= 0.6 is 0 Å². The Morgan fingerprint density at radius 1 is 1.18 bits per heavy atom. The van der Waals surface area contributed by atoms with Crippen molar-refractivity contribution in [1.82, 2.24) is 0 Å². The van der Waals surface area contributed by atoms with Crippen LogP contribution in [-0.2, 0) is 6.42 Å². The zero-order chi connectivity index (χ0) is 17.0. The van der Waals surface area contributed by atoms with Crippen LogP contribution in [0.3, 0.4) is 0 Å². The van der Waals surface area contributed by atoms with E-state index >= 15 is 0 Å². The van der Waals surface area contributed by atoms with Crippen LogP contribution in [0.2, 0.25) is 18.1 Å². The Labute approximate surface area is 133 Å². The first-order valence-corrected chi connectivity index (χ1v) is 10.7. The molecule has 1 rings (SSSR count). The van der Waals surface area contributed by atoms with Gasteiger partial charge in [-0.1, -0.05) is 39.6 Å². The van der Waals surface area contributed by atoms with Crippen molar-refractivity contribution in [2.45, 2.75) is 58.2 Å². The zero-order valence-electron chi connectivity index (χ0n) is 14.1. The Hall–Kier alpha value is -1.38. The highest BCUT2D eigenvalue weighted by Gasteiger charge is 2.32. The molecule has 0 amide bonds. The minimum absolute atomic E-state index is 0.301. The van der Waals surface area contributed by atoms with E-state index in [1.54, 1.807) is 0 Å². The molecule has 0 bridgehead atoms. The molecule has 0 spiro atoms. The quantitative estimate of drug-likeness (QED) is 0.415. The van der Waals surface area contributed by atoms with E-state index in [1.165, 1.54) is 12.1 Å². The molecule has 4 heteroatoms. The SMILES string of the molecule is CC(C)(C)[Si](C)(C)C=C=CCCCc1cc(F)c(O)c(F)c1. The van der Waals surface area contributed by atoms with Crippen LogP contribution in [0, 0.1) is 11.6 Å². The molecule has 0 radical (unpaired) electrons. The lowest BCUT2D eigenvalue weighted by Gasteiger charge is -2.33. The number of benzene rings is 1. The van der Waals surface area contributed by atoms with Gasteiger partial charge in [-0.05, 0) is 48.1 Å². The highest BCUT2D eigenvalue weighted by Crippen LogP contribution is 2.36. The van der Waals surface area contributed by atoms with Crippen LogP contribution in [0.4, 0.5) is 8.78 Å². The number of rotatable bonds is 5. The van der Waals surface area contributed by atoms with Gasteiger partial charge in [0.2, 0.25) is 0 Å². The van der Waals surface area contributed by atoms with Crippen molar-refractivity contribution >= 4 is 8.07 Å². The van der Waals surface area contributed by atoms with E-state index in [0.717, 1.165) is 12.8 Å². The molecule has 0 aliphatic carbocycles. The largest absolute Gasteiger partial charge is 0.503 e. The van der Waals surface area contributed by atoms with Gasteiger partial charge in [-0.15, -0.1) is 5.73 Å². The summed E-state index contributed by atoms with van der Waals surface area (Å²) in [4.78, 5) is 0. The van der Waals surface area contributed by atoms with Gasteiger partial charge in [-0.3, -0.25) is 0 Å². The van der Waals surface area contributed by atoms with Crippen molar-refractivity contribution in [3.8, 4) is 5.75 Å². The monoisotopic (exact) mass is 324 g/mol. The van der Waals surface area contributed by atoms with Crippen LogP contribution in [-0.4, -0.2) is 13.2 Å². The van der Waals surface area contributed by atoms with Gasteiger partial charge >= 0.3 is 0 Å². The average molecular weight is 324 g/mol. The van der Waals surface area contributed by atoms with Gasteiger partial charge in [0.05, 0.1) is 8.07 Å². The summed E-state index contributed by atoms with van der Waals surface area (Å²) in [6.45, 7) is 11.4. The van der Waals surface area contributed by atoms with E-state index in [0.29, 0.717) is 17.0 Å². The van der Waals surface area contributed by atoms with Crippen molar-refractivity contribution in [3.63, 3.8) is 0 Å². The first-order valence-electron chi connectivity index (χ1n) is 7.63. The Balaban J connectivity index is 2.54. The number of allylic oxidation sites excluding steroid dienone is 1. The maximum absolute atomic E-state index is 13.2. The predicted molar refractivity (Wildman–Crippen MR) is 90.8 cm³/mol. The normalized spacial score (nSPS) is 12.0. The van der Waals surface area contributed by atoms with Gasteiger partial charge in [0.25, 0.3) is 0 Å². The lowest BCUT2D eigenvalue weighted by atomic mass is 10.1. The van der Waals surface area contributed by atoms with Crippen LogP contribution in [0.25, 0.3) is 0 Å². The summed E-state index contributed by atoms with van der Waals surface area (Å²) in [6, 6.07) is 2.38. The second-order valence-electron chi connectivity index (χ2n) is 7.29. The van der Waals surface area contributed by atoms with Crippen molar-refractivity contribution < 1.29 is 13.9 Å². The van der Waals surface area contributed by atoms with E-state index in [-0.39, 0.29) is 0 Å². The van der Waals surface area contributed by atoms with Gasteiger partial charge in [-0.2, -0.15) is 0 Å². The standard InChI is InChI=1S/C18H26F2OSi/c1-18(2,3)22(4,5)11-9-7-6-8-10-14-12-15(19)17(21)16(20)13-14/h7,11-13,21H,6,8,10H2,1-5H3. The molecule has 0 fully saturated rings. The third-order valence-electron chi connectivity index (χ3n) is 4.39. The maximum Gasteiger partial charge on any atom is 0.187 e. The Kier molecular flexibility index (Phi) is 6.15. The van der Waals surface area contributed by atoms with Gasteiger partial charge in [-0.25, -0.2) is 8.78 Å². The highest BCUT2D eigenvalue weighted by atomic mass is 28.3. The molecular formula is C18H26F2OSi. The minimum Gasteiger partial charge on any atom is -0.503 e. The number of hydrogen-bond acceptors (Lipinski definition) is 1. The molecule has 0 aliphatic rings. The van der Waals surface area contributed by atoms with Crippen molar-refractivity contribution in [3.05, 3.63) is 46.8 Å². The van der Waals surface area contributed by atoms with Gasteiger partial charge in [0.1, 0.15) is 0 Å². The Morgan fingerprint density at radius 3 is 2.23 bits per heavy atom. The predicted octanol–water partition coefficient (Wildman–Crippen LogP) is 5.75. The van der Waals surface area contributed by atoms with Crippen molar-refractivity contribution in [2.24, 2.45) is 0 Å². The summed E-state index contributed by atoms with van der Waals surface area (Å²) in [5.74, 6) is -2.70. The summed E-state index contributed by atoms with van der Waals surface area (Å²) in [7, 11) is -1.44. The highest BCUT2D eigenvalue weighted by molar-refractivity contribution is 6.84. The summed E-state index contributed by atoms with van der Waals surface area (Å²) in [6.07, 6.45) is 4.18. The number of unbranched alkanes of at least 4 members (excludes halogenated alkanes) is 1. The first kappa shape index (κ1) is 18.7. The molecule has 1 aromatic rings. The van der Waals surface area contributed by atoms with E-state index in [4.69, 9.17) is 5.11 Å². The van der Waals surface area contributed by atoms with Crippen LogP contribution in [0.15, 0.2) is 29.6 Å². The molecule has 0 atom stereocenters. The summed E-state index contributed by atoms with van der Waals surface area (Å²) in [5.41, 5.74) is 6.05. The molecule has 22 heavy (non-hydrogen) atoms. The maximum atomic E-state index is 13.2. The van der Waals surface area contributed by atoms with Crippen LogP contribution in [0.1, 0.15) is 39.2 Å². The van der Waals surface area contributed by atoms with E-state index < -0.39 is 25.5 Å². The van der Waals surface area contributed by atoms with E-state index in [9.17, 15) is 8.78 Å². The molecule has 0 aliphatic heterocycles. The van der Waals surface area contributed by atoms with Crippen LogP contribution in [0.5, 0.6) is 5.75 Å². The molecule has 122 valence electrons. The molecule has 1 aromatic carbocycles. The van der Waals surface area contributed by atoms with Gasteiger partial charge in [0.15, 0.2) is 17.4 Å². The third-order valence-corrected chi connectivity index (χ3v) is 9.14. The van der Waals surface area contributed by atoms with E-state index in [2.05, 4.69) is 45.3 Å². The number of hydrogen-bond donors (Lipinski definition) is 1. The molecular weight excluding hydrogens is 298 g/mol. The smallest absolute Gasteiger partial charge is 0.187 e. The topological polar surface area (TPSA) is 20.2 Å². The van der Waals surface area contributed by atoms with Crippen molar-refractivity contribution in [2.75, 3.05) is 0 Å². The molecule has 1 N–H and O–H groups in total. The van der Waals surface area contributed by atoms with Gasteiger partial charge < -0.3 is 5.11 Å². The molecule has 0 unspecified atom stereocenters. The minimum atomic E-state index is -1.44. The summed E-state index contributed by atoms with van der Waals surface area (Å²) >= 11 is 0. The average Bonchev–Trinajstić information content (AvgIpc) is 2.38. The van der Waals surface area contributed by atoms with Crippen LogP contribution < -0.4 is 0 Å². The molecule has 0 saturated carbocycles. The lowest BCUT2D eigenvalue weighted by Crippen LogP contribution is -2.34. The number of phenolic OH excluding ortho intramolecular Hbond substituents is 1. The molecule has 1 nitrogen and oxygen atoms in total. The van der Waals surface area contributed by atoms with E-state index in [1.807, 2.05) is 6.08 Å². The molecule has 0 heterocycles. The molecule has 0 aromatic heterocycles. The second-order valence-corrected chi connectivity index (χ2v) is 12.5. The fraction of sp³-hybridized carbons (Fsp3) is 0.500.